The van der Waals surface area contributed by atoms with Crippen molar-refractivity contribution in [2.75, 3.05) is 13.2 Å². The number of aliphatic hydroxyl groups excluding tert-OH is 1. The van der Waals surface area contributed by atoms with E-state index in [-0.39, 0.29) is 30.0 Å². The van der Waals surface area contributed by atoms with Gasteiger partial charge in [-0.25, -0.2) is 13.1 Å². The molecule has 2 rings (SSSR count). The molecular formula is C17H26N2O4S. The fraction of sp³-hybridized carbons (Fsp3) is 0.588. The minimum absolute atomic E-state index is 0.0693. The van der Waals surface area contributed by atoms with Gasteiger partial charge in [0.25, 0.3) is 5.91 Å². The topological polar surface area (TPSA) is 95.5 Å². The van der Waals surface area contributed by atoms with Crippen molar-refractivity contribution in [3.8, 4) is 0 Å². The minimum Gasteiger partial charge on any atom is -0.396 e. The Labute approximate surface area is 143 Å². The smallest absolute Gasteiger partial charge is 0.251 e. The van der Waals surface area contributed by atoms with E-state index < -0.39 is 10.0 Å². The van der Waals surface area contributed by atoms with Crippen LogP contribution >= 0.6 is 0 Å². The highest BCUT2D eigenvalue weighted by molar-refractivity contribution is 7.89. The average molecular weight is 354 g/mol. The zero-order valence-electron chi connectivity index (χ0n) is 14.0. The molecule has 0 saturated heterocycles. The molecule has 1 aliphatic rings. The summed E-state index contributed by atoms with van der Waals surface area (Å²) in [5.74, 6) is -0.216. The van der Waals surface area contributed by atoms with Crippen LogP contribution in [0.5, 0.6) is 0 Å². The van der Waals surface area contributed by atoms with Gasteiger partial charge in [0.05, 0.1) is 4.90 Å². The molecule has 1 saturated carbocycles. The summed E-state index contributed by atoms with van der Waals surface area (Å²) in [5.41, 5.74) is 1.14. The van der Waals surface area contributed by atoms with Crippen LogP contribution in [0.25, 0.3) is 0 Å². The molecule has 0 heterocycles. The number of benzene rings is 1. The number of aryl methyl sites for hydroxylation is 1. The second-order valence-corrected chi connectivity index (χ2v) is 8.03. The molecule has 1 aromatic rings. The first kappa shape index (κ1) is 18.9. The second-order valence-electron chi connectivity index (χ2n) is 6.26. The van der Waals surface area contributed by atoms with Crippen molar-refractivity contribution < 1.29 is 18.3 Å². The maximum absolute atomic E-state index is 12.5. The molecular weight excluding hydrogens is 328 g/mol. The lowest BCUT2D eigenvalue weighted by atomic mass is 9.95. The Morgan fingerprint density at radius 1 is 1.25 bits per heavy atom. The molecule has 0 atom stereocenters. The molecule has 0 radical (unpaired) electrons. The summed E-state index contributed by atoms with van der Waals surface area (Å²) in [6, 6.07) is 4.74. The van der Waals surface area contributed by atoms with E-state index in [1.807, 2.05) is 0 Å². The molecule has 3 N–H and O–H groups in total. The van der Waals surface area contributed by atoms with Crippen molar-refractivity contribution in [2.24, 2.45) is 0 Å². The molecule has 0 unspecified atom stereocenters. The lowest BCUT2D eigenvalue weighted by Gasteiger charge is -2.23. The van der Waals surface area contributed by atoms with Crippen LogP contribution in [0.4, 0.5) is 0 Å². The van der Waals surface area contributed by atoms with Crippen LogP contribution < -0.4 is 10.0 Å². The van der Waals surface area contributed by atoms with Gasteiger partial charge in [0.1, 0.15) is 0 Å². The highest BCUT2D eigenvalue weighted by Crippen LogP contribution is 2.20. The number of hydrogen-bond acceptors (Lipinski definition) is 4. The van der Waals surface area contributed by atoms with Crippen LogP contribution in [-0.2, 0) is 10.0 Å². The number of rotatable bonds is 7. The van der Waals surface area contributed by atoms with E-state index in [0.717, 1.165) is 31.2 Å². The van der Waals surface area contributed by atoms with E-state index in [1.54, 1.807) is 13.0 Å². The standard InChI is InChI=1S/C17H26N2O4S/c1-13-8-9-15(24(22,23)18-10-5-11-20)12-16(13)17(21)19-14-6-3-2-4-7-14/h8-9,12,14,18,20H,2-7,10-11H2,1H3,(H,19,21). The van der Waals surface area contributed by atoms with Gasteiger partial charge in [-0.3, -0.25) is 4.79 Å². The van der Waals surface area contributed by atoms with Gasteiger partial charge in [-0.1, -0.05) is 25.3 Å². The molecule has 1 fully saturated rings. The van der Waals surface area contributed by atoms with Gasteiger partial charge < -0.3 is 10.4 Å². The molecule has 0 aromatic heterocycles. The van der Waals surface area contributed by atoms with Gasteiger partial charge in [0.2, 0.25) is 10.0 Å². The van der Waals surface area contributed by atoms with Crippen molar-refractivity contribution >= 4 is 15.9 Å². The van der Waals surface area contributed by atoms with Gasteiger partial charge in [0, 0.05) is 24.8 Å². The first-order valence-corrected chi connectivity index (χ1v) is 9.94. The summed E-state index contributed by atoms with van der Waals surface area (Å²) in [6.07, 6.45) is 5.75. The van der Waals surface area contributed by atoms with E-state index in [1.165, 1.54) is 18.6 Å². The summed E-state index contributed by atoms with van der Waals surface area (Å²) in [4.78, 5) is 12.6. The van der Waals surface area contributed by atoms with E-state index in [9.17, 15) is 13.2 Å². The fourth-order valence-corrected chi connectivity index (χ4v) is 3.99. The van der Waals surface area contributed by atoms with Gasteiger partial charge in [0.15, 0.2) is 0 Å². The van der Waals surface area contributed by atoms with Crippen molar-refractivity contribution in [3.63, 3.8) is 0 Å². The number of nitrogens with one attached hydrogen (secondary N) is 2. The lowest BCUT2D eigenvalue weighted by molar-refractivity contribution is 0.0927. The van der Waals surface area contributed by atoms with E-state index in [4.69, 9.17) is 5.11 Å². The zero-order chi connectivity index (χ0) is 17.6. The number of aliphatic hydroxyl groups is 1. The predicted octanol–water partition coefficient (Wildman–Crippen LogP) is 1.72. The normalized spacial score (nSPS) is 16.1. The van der Waals surface area contributed by atoms with Gasteiger partial charge in [-0.05, 0) is 43.9 Å². The van der Waals surface area contributed by atoms with Crippen LogP contribution in [0.15, 0.2) is 23.1 Å². The van der Waals surface area contributed by atoms with Gasteiger partial charge >= 0.3 is 0 Å². The molecule has 1 amide bonds. The molecule has 0 spiro atoms. The van der Waals surface area contributed by atoms with Crippen LogP contribution in [-0.4, -0.2) is 38.6 Å². The van der Waals surface area contributed by atoms with Gasteiger partial charge in [-0.15, -0.1) is 0 Å². The summed E-state index contributed by atoms with van der Waals surface area (Å²) in [5, 5.41) is 11.8. The Hall–Kier alpha value is -1.44. The highest BCUT2D eigenvalue weighted by atomic mass is 32.2. The largest absolute Gasteiger partial charge is 0.396 e. The number of carbonyl (C=O) groups is 1. The van der Waals surface area contributed by atoms with Crippen LogP contribution in [0, 0.1) is 6.92 Å². The Kier molecular flexibility index (Phi) is 6.77. The average Bonchev–Trinajstić information content (AvgIpc) is 2.56. The van der Waals surface area contributed by atoms with E-state index in [0.29, 0.717) is 12.0 Å². The molecule has 24 heavy (non-hydrogen) atoms. The molecule has 7 heteroatoms. The number of carbonyl (C=O) groups excluding carboxylic acids is 1. The van der Waals surface area contributed by atoms with Crippen LogP contribution in [0.3, 0.4) is 0 Å². The second kappa shape index (κ2) is 8.60. The predicted molar refractivity (Wildman–Crippen MR) is 92.4 cm³/mol. The van der Waals surface area contributed by atoms with Crippen molar-refractivity contribution in [3.05, 3.63) is 29.3 Å². The lowest BCUT2D eigenvalue weighted by Crippen LogP contribution is -2.36. The summed E-state index contributed by atoms with van der Waals surface area (Å²) in [6.45, 7) is 1.88. The Bertz CT molecular complexity index is 667. The molecule has 0 aliphatic heterocycles. The Morgan fingerprint density at radius 3 is 2.62 bits per heavy atom. The number of amides is 1. The Balaban J connectivity index is 2.13. The van der Waals surface area contributed by atoms with Crippen molar-refractivity contribution in [2.45, 2.75) is 56.4 Å². The third-order valence-corrected chi connectivity index (χ3v) is 5.79. The van der Waals surface area contributed by atoms with Crippen LogP contribution in [0.1, 0.15) is 54.4 Å². The maximum Gasteiger partial charge on any atom is 0.251 e. The quantitative estimate of drug-likeness (QED) is 0.650. The first-order chi connectivity index (χ1) is 11.4. The zero-order valence-corrected chi connectivity index (χ0v) is 14.9. The SMILES string of the molecule is Cc1ccc(S(=O)(=O)NCCCO)cc1C(=O)NC1CCCCC1. The fourth-order valence-electron chi connectivity index (χ4n) is 2.89. The molecule has 1 aliphatic carbocycles. The molecule has 1 aromatic carbocycles. The Morgan fingerprint density at radius 2 is 1.96 bits per heavy atom. The van der Waals surface area contributed by atoms with Crippen LogP contribution in [0.2, 0.25) is 0 Å². The van der Waals surface area contributed by atoms with Crippen molar-refractivity contribution in [1.29, 1.82) is 0 Å². The molecule has 6 nitrogen and oxygen atoms in total. The maximum atomic E-state index is 12.5. The number of sulfonamides is 1. The van der Waals surface area contributed by atoms with Gasteiger partial charge in [-0.2, -0.15) is 0 Å². The van der Waals surface area contributed by atoms with E-state index >= 15 is 0 Å². The molecule has 134 valence electrons. The summed E-state index contributed by atoms with van der Waals surface area (Å²) >= 11 is 0. The third-order valence-electron chi connectivity index (χ3n) is 4.33. The highest BCUT2D eigenvalue weighted by Gasteiger charge is 2.20. The van der Waals surface area contributed by atoms with Crippen molar-refractivity contribution in [1.82, 2.24) is 10.0 Å². The minimum atomic E-state index is -3.68. The number of hydrogen-bond donors (Lipinski definition) is 3. The summed E-state index contributed by atoms with van der Waals surface area (Å²) in [7, 11) is -3.68. The molecule has 0 bridgehead atoms. The third kappa shape index (κ3) is 5.03. The van der Waals surface area contributed by atoms with E-state index in [2.05, 4.69) is 10.0 Å². The first-order valence-electron chi connectivity index (χ1n) is 8.46. The monoisotopic (exact) mass is 354 g/mol. The summed E-state index contributed by atoms with van der Waals surface area (Å²) < 4.78 is 26.9.